The van der Waals surface area contributed by atoms with Crippen LogP contribution in [0, 0.1) is 6.92 Å². The molecule has 0 amide bonds. The Hall–Kier alpha value is -3.89. The van der Waals surface area contributed by atoms with E-state index in [2.05, 4.69) is 0 Å². The SMILES string of the molecule is Cc1ccc(S(=O)(=O)Oc2cccc(-c3ccccc3)c2-c2cccc3ccccc23)cc1. The van der Waals surface area contributed by atoms with Crippen LogP contribution in [0.25, 0.3) is 33.0 Å². The zero-order valence-electron chi connectivity index (χ0n) is 18.1. The second kappa shape index (κ2) is 8.57. The van der Waals surface area contributed by atoms with Crippen molar-refractivity contribution in [1.29, 1.82) is 0 Å². The summed E-state index contributed by atoms with van der Waals surface area (Å²) < 4.78 is 32.2. The summed E-state index contributed by atoms with van der Waals surface area (Å²) in [6.07, 6.45) is 0. The molecule has 0 aromatic heterocycles. The lowest BCUT2D eigenvalue weighted by Crippen LogP contribution is -2.10. The van der Waals surface area contributed by atoms with Crippen molar-refractivity contribution in [2.45, 2.75) is 11.8 Å². The Morgan fingerprint density at radius 3 is 2.03 bits per heavy atom. The normalized spacial score (nSPS) is 11.4. The molecule has 0 unspecified atom stereocenters. The number of aryl methyl sites for hydroxylation is 1. The minimum absolute atomic E-state index is 0.127. The fourth-order valence-electron chi connectivity index (χ4n) is 4.05. The highest BCUT2D eigenvalue weighted by Gasteiger charge is 2.22. The quantitative estimate of drug-likeness (QED) is 0.265. The topological polar surface area (TPSA) is 43.4 Å². The molecule has 0 fully saturated rings. The van der Waals surface area contributed by atoms with Crippen LogP contribution in [0.5, 0.6) is 5.75 Å². The van der Waals surface area contributed by atoms with Crippen LogP contribution >= 0.6 is 0 Å². The number of rotatable bonds is 5. The van der Waals surface area contributed by atoms with Gasteiger partial charge >= 0.3 is 10.1 Å². The largest absolute Gasteiger partial charge is 0.378 e. The van der Waals surface area contributed by atoms with Crippen molar-refractivity contribution in [1.82, 2.24) is 0 Å². The molecule has 0 saturated carbocycles. The molecule has 3 nitrogen and oxygen atoms in total. The molecule has 0 saturated heterocycles. The first kappa shape index (κ1) is 21.0. The van der Waals surface area contributed by atoms with Gasteiger partial charge in [-0.2, -0.15) is 8.42 Å². The second-order valence-electron chi connectivity index (χ2n) is 7.92. The van der Waals surface area contributed by atoms with Gasteiger partial charge in [-0.25, -0.2) is 0 Å². The van der Waals surface area contributed by atoms with Crippen molar-refractivity contribution in [2.75, 3.05) is 0 Å². The van der Waals surface area contributed by atoms with E-state index < -0.39 is 10.1 Å². The van der Waals surface area contributed by atoms with Gasteiger partial charge in [0.1, 0.15) is 4.90 Å². The molecule has 0 N–H and O–H groups in total. The van der Waals surface area contributed by atoms with Crippen molar-refractivity contribution in [3.63, 3.8) is 0 Å². The van der Waals surface area contributed by atoms with E-state index in [1.165, 1.54) is 0 Å². The van der Waals surface area contributed by atoms with Crippen LogP contribution in [0.1, 0.15) is 5.56 Å². The highest BCUT2D eigenvalue weighted by atomic mass is 32.2. The first-order valence-corrected chi connectivity index (χ1v) is 12.1. The van der Waals surface area contributed by atoms with Gasteiger partial charge in [-0.3, -0.25) is 0 Å². The van der Waals surface area contributed by atoms with E-state index in [1.807, 2.05) is 91.9 Å². The van der Waals surface area contributed by atoms with Crippen LogP contribution in [-0.2, 0) is 10.1 Å². The minimum Gasteiger partial charge on any atom is -0.378 e. The average Bonchev–Trinajstić information content (AvgIpc) is 2.84. The summed E-state index contributed by atoms with van der Waals surface area (Å²) >= 11 is 0. The van der Waals surface area contributed by atoms with Crippen LogP contribution in [-0.4, -0.2) is 8.42 Å². The molecule has 0 aliphatic heterocycles. The van der Waals surface area contributed by atoms with Crippen molar-refractivity contribution in [3.8, 4) is 28.0 Å². The highest BCUT2D eigenvalue weighted by molar-refractivity contribution is 7.87. The molecule has 162 valence electrons. The number of fused-ring (bicyclic) bond motifs is 1. The molecule has 5 aromatic rings. The smallest absolute Gasteiger partial charge is 0.339 e. The van der Waals surface area contributed by atoms with Crippen LogP contribution in [0.3, 0.4) is 0 Å². The Bertz CT molecular complexity index is 1530. The van der Waals surface area contributed by atoms with Crippen LogP contribution < -0.4 is 4.18 Å². The third-order valence-electron chi connectivity index (χ3n) is 5.68. The number of hydrogen-bond acceptors (Lipinski definition) is 3. The molecule has 0 bridgehead atoms. The summed E-state index contributed by atoms with van der Waals surface area (Å²) in [6.45, 7) is 1.92. The molecule has 4 heteroatoms. The van der Waals surface area contributed by atoms with Gasteiger partial charge < -0.3 is 4.18 Å². The van der Waals surface area contributed by atoms with Crippen LogP contribution in [0.4, 0.5) is 0 Å². The van der Waals surface area contributed by atoms with Crippen LogP contribution in [0.2, 0.25) is 0 Å². The maximum absolute atomic E-state index is 13.2. The second-order valence-corrected chi connectivity index (χ2v) is 9.47. The molecule has 0 aliphatic rings. The van der Waals surface area contributed by atoms with E-state index in [0.29, 0.717) is 5.75 Å². The van der Waals surface area contributed by atoms with E-state index in [1.54, 1.807) is 30.3 Å². The Labute approximate surface area is 194 Å². The first-order valence-electron chi connectivity index (χ1n) is 10.7. The molecule has 0 atom stereocenters. The fraction of sp³-hybridized carbons (Fsp3) is 0.0345. The summed E-state index contributed by atoms with van der Waals surface area (Å²) in [5.74, 6) is 0.299. The molecule has 0 radical (unpaired) electrons. The van der Waals surface area contributed by atoms with Crippen molar-refractivity contribution >= 4 is 20.9 Å². The lowest BCUT2D eigenvalue weighted by Gasteiger charge is -2.18. The third kappa shape index (κ3) is 4.13. The molecule has 5 rings (SSSR count). The lowest BCUT2D eigenvalue weighted by molar-refractivity contribution is 0.487. The van der Waals surface area contributed by atoms with Gasteiger partial charge in [0.2, 0.25) is 0 Å². The van der Waals surface area contributed by atoms with Gasteiger partial charge in [-0.1, -0.05) is 103 Å². The summed E-state index contributed by atoms with van der Waals surface area (Å²) in [6, 6.07) is 36.3. The summed E-state index contributed by atoms with van der Waals surface area (Å²) in [5.41, 5.74) is 4.54. The maximum Gasteiger partial charge on any atom is 0.339 e. The van der Waals surface area contributed by atoms with Gasteiger partial charge in [0.05, 0.1) is 0 Å². The summed E-state index contributed by atoms with van der Waals surface area (Å²) in [5, 5.41) is 2.10. The Balaban J connectivity index is 1.75. The van der Waals surface area contributed by atoms with Gasteiger partial charge in [-0.15, -0.1) is 0 Å². The maximum atomic E-state index is 13.2. The Morgan fingerprint density at radius 1 is 0.606 bits per heavy atom. The van der Waals surface area contributed by atoms with E-state index >= 15 is 0 Å². The van der Waals surface area contributed by atoms with Crippen molar-refractivity contribution < 1.29 is 12.6 Å². The molecular formula is C29H22O3S. The molecular weight excluding hydrogens is 428 g/mol. The fourth-order valence-corrected chi connectivity index (χ4v) is 4.99. The summed E-state index contributed by atoms with van der Waals surface area (Å²) in [7, 11) is -4.01. The van der Waals surface area contributed by atoms with Gasteiger partial charge in [0.15, 0.2) is 5.75 Å². The van der Waals surface area contributed by atoms with Crippen molar-refractivity contribution in [2.24, 2.45) is 0 Å². The van der Waals surface area contributed by atoms with Crippen LogP contribution in [0.15, 0.2) is 120 Å². The molecule has 0 spiro atoms. The van der Waals surface area contributed by atoms with E-state index in [9.17, 15) is 8.42 Å². The molecule has 0 heterocycles. The number of benzene rings is 5. The van der Waals surface area contributed by atoms with E-state index in [4.69, 9.17) is 4.18 Å². The third-order valence-corrected chi connectivity index (χ3v) is 6.93. The Morgan fingerprint density at radius 2 is 1.24 bits per heavy atom. The average molecular weight is 451 g/mol. The van der Waals surface area contributed by atoms with Gasteiger partial charge in [0, 0.05) is 5.56 Å². The van der Waals surface area contributed by atoms with Gasteiger partial charge in [0.25, 0.3) is 0 Å². The first-order chi connectivity index (χ1) is 16.0. The minimum atomic E-state index is -4.01. The number of hydrogen-bond donors (Lipinski definition) is 0. The standard InChI is InChI=1S/C29H22O3S/c1-21-17-19-24(20-18-21)33(30,31)32-28-16-8-14-26(23-9-3-2-4-10-23)29(28)27-15-7-12-22-11-5-6-13-25(22)27/h2-20H,1H3. The van der Waals surface area contributed by atoms with Crippen molar-refractivity contribution in [3.05, 3.63) is 121 Å². The monoisotopic (exact) mass is 450 g/mol. The highest BCUT2D eigenvalue weighted by Crippen LogP contribution is 2.43. The molecule has 0 aliphatic carbocycles. The van der Waals surface area contributed by atoms with E-state index in [-0.39, 0.29) is 4.90 Å². The summed E-state index contributed by atoms with van der Waals surface area (Å²) in [4.78, 5) is 0.127. The van der Waals surface area contributed by atoms with E-state index in [0.717, 1.165) is 38.6 Å². The molecule has 5 aromatic carbocycles. The Kier molecular flexibility index (Phi) is 5.45. The predicted molar refractivity (Wildman–Crippen MR) is 134 cm³/mol. The molecule has 33 heavy (non-hydrogen) atoms. The zero-order chi connectivity index (χ0) is 22.8. The zero-order valence-corrected chi connectivity index (χ0v) is 18.9. The van der Waals surface area contributed by atoms with Gasteiger partial charge in [-0.05, 0) is 52.6 Å². The predicted octanol–water partition coefficient (Wildman–Crippen LogP) is 7.25. The lowest BCUT2D eigenvalue weighted by atomic mass is 9.91.